The molecule has 142 valence electrons. The molecule has 6 heteroatoms. The van der Waals surface area contributed by atoms with Gasteiger partial charge in [-0.3, -0.25) is 9.69 Å². The van der Waals surface area contributed by atoms with E-state index in [4.69, 9.17) is 10.5 Å². The molecule has 2 aliphatic rings. The summed E-state index contributed by atoms with van der Waals surface area (Å²) in [7, 11) is 0. The SMILES string of the molecule is CC(C)CCC(=O)OC1=CN(C2CCCCC2)CN1c1ccc(N)nc1. The van der Waals surface area contributed by atoms with E-state index in [2.05, 4.69) is 23.7 Å². The number of nitrogen functional groups attached to an aromatic ring is 1. The second-order valence-corrected chi connectivity index (χ2v) is 7.69. The molecule has 0 spiro atoms. The molecule has 0 amide bonds. The number of nitrogens with two attached hydrogens (primary N) is 1. The average molecular weight is 358 g/mol. The third kappa shape index (κ3) is 4.68. The lowest BCUT2D eigenvalue weighted by Crippen LogP contribution is -2.36. The zero-order valence-corrected chi connectivity index (χ0v) is 15.9. The van der Waals surface area contributed by atoms with E-state index < -0.39 is 0 Å². The van der Waals surface area contributed by atoms with Gasteiger partial charge in [0.15, 0.2) is 0 Å². The van der Waals surface area contributed by atoms with Gasteiger partial charge in [-0.15, -0.1) is 0 Å². The van der Waals surface area contributed by atoms with Crippen molar-refractivity contribution in [2.24, 2.45) is 5.92 Å². The first-order valence-electron chi connectivity index (χ1n) is 9.70. The van der Waals surface area contributed by atoms with E-state index in [1.807, 2.05) is 17.2 Å². The maximum absolute atomic E-state index is 12.3. The number of aromatic nitrogens is 1. The van der Waals surface area contributed by atoms with E-state index >= 15 is 0 Å². The molecule has 26 heavy (non-hydrogen) atoms. The average Bonchev–Trinajstić information content (AvgIpc) is 3.05. The summed E-state index contributed by atoms with van der Waals surface area (Å²) < 4.78 is 5.73. The quantitative estimate of drug-likeness (QED) is 0.779. The van der Waals surface area contributed by atoms with Crippen LogP contribution in [0.2, 0.25) is 0 Å². The van der Waals surface area contributed by atoms with Crippen LogP contribution in [0.1, 0.15) is 58.8 Å². The highest BCUT2D eigenvalue weighted by Gasteiger charge is 2.30. The van der Waals surface area contributed by atoms with Crippen LogP contribution < -0.4 is 10.6 Å². The molecule has 0 atom stereocenters. The molecule has 1 aliphatic heterocycles. The van der Waals surface area contributed by atoms with Crippen molar-refractivity contribution < 1.29 is 9.53 Å². The summed E-state index contributed by atoms with van der Waals surface area (Å²) in [6, 6.07) is 4.21. The Labute approximate surface area is 156 Å². The second-order valence-electron chi connectivity index (χ2n) is 7.69. The maximum Gasteiger partial charge on any atom is 0.312 e. The highest BCUT2D eigenvalue weighted by Crippen LogP contribution is 2.31. The number of hydrogen-bond donors (Lipinski definition) is 1. The molecule has 2 heterocycles. The smallest absolute Gasteiger partial charge is 0.312 e. The van der Waals surface area contributed by atoms with Crippen molar-refractivity contribution in [1.82, 2.24) is 9.88 Å². The molecule has 3 rings (SSSR count). The third-order valence-corrected chi connectivity index (χ3v) is 5.12. The fourth-order valence-corrected chi connectivity index (χ4v) is 3.54. The van der Waals surface area contributed by atoms with Crippen LogP contribution in [0, 0.1) is 5.92 Å². The van der Waals surface area contributed by atoms with Gasteiger partial charge in [0.05, 0.1) is 24.8 Å². The molecule has 0 radical (unpaired) electrons. The van der Waals surface area contributed by atoms with E-state index in [0.717, 1.165) is 12.1 Å². The summed E-state index contributed by atoms with van der Waals surface area (Å²) in [6.07, 6.45) is 11.2. The van der Waals surface area contributed by atoms with Crippen molar-refractivity contribution in [3.8, 4) is 0 Å². The van der Waals surface area contributed by atoms with Crippen molar-refractivity contribution in [2.45, 2.75) is 64.8 Å². The number of nitrogens with zero attached hydrogens (tertiary/aromatic N) is 3. The normalized spacial score (nSPS) is 18.3. The number of carbonyl (C=O) groups is 1. The minimum atomic E-state index is -0.177. The second kappa shape index (κ2) is 8.43. The minimum Gasteiger partial charge on any atom is -0.408 e. The molecule has 6 nitrogen and oxygen atoms in total. The molecule has 0 saturated heterocycles. The highest BCUT2D eigenvalue weighted by atomic mass is 16.6. The largest absolute Gasteiger partial charge is 0.408 e. The van der Waals surface area contributed by atoms with Gasteiger partial charge in [0, 0.05) is 12.5 Å². The van der Waals surface area contributed by atoms with Gasteiger partial charge in [-0.1, -0.05) is 33.1 Å². The Morgan fingerprint density at radius 2 is 2.08 bits per heavy atom. The first-order valence-corrected chi connectivity index (χ1v) is 9.70. The van der Waals surface area contributed by atoms with Crippen molar-refractivity contribution >= 4 is 17.5 Å². The lowest BCUT2D eigenvalue weighted by atomic mass is 9.95. The third-order valence-electron chi connectivity index (χ3n) is 5.12. The van der Waals surface area contributed by atoms with E-state index in [0.29, 0.717) is 36.8 Å². The minimum absolute atomic E-state index is 0.177. The van der Waals surface area contributed by atoms with Crippen molar-refractivity contribution in [3.63, 3.8) is 0 Å². The van der Waals surface area contributed by atoms with E-state index in [-0.39, 0.29) is 5.97 Å². The lowest BCUT2D eigenvalue weighted by molar-refractivity contribution is -0.139. The Morgan fingerprint density at radius 3 is 2.73 bits per heavy atom. The topological polar surface area (TPSA) is 71.7 Å². The molecular weight excluding hydrogens is 328 g/mol. The van der Waals surface area contributed by atoms with Crippen LogP contribution in [0.4, 0.5) is 11.5 Å². The van der Waals surface area contributed by atoms with Crippen molar-refractivity contribution in [1.29, 1.82) is 0 Å². The van der Waals surface area contributed by atoms with E-state index in [1.54, 1.807) is 12.3 Å². The Bertz CT molecular complexity index is 636. The number of esters is 1. The number of carbonyl (C=O) groups excluding carboxylic acids is 1. The standard InChI is InChI=1S/C20H30N4O2/c1-15(2)8-11-20(25)26-19-13-23(16-6-4-3-5-7-16)14-24(19)17-9-10-18(21)22-12-17/h9-10,12-13,15-16H,3-8,11,14H2,1-2H3,(H2,21,22). The molecule has 1 saturated carbocycles. The van der Waals surface area contributed by atoms with Gasteiger partial charge in [-0.2, -0.15) is 0 Å². The molecule has 1 aromatic rings. The maximum atomic E-state index is 12.3. The van der Waals surface area contributed by atoms with Gasteiger partial charge in [0.2, 0.25) is 5.88 Å². The number of rotatable bonds is 6. The Morgan fingerprint density at radius 1 is 1.31 bits per heavy atom. The summed E-state index contributed by atoms with van der Waals surface area (Å²) in [4.78, 5) is 20.8. The summed E-state index contributed by atoms with van der Waals surface area (Å²) in [6.45, 7) is 4.90. The van der Waals surface area contributed by atoms with Crippen LogP contribution >= 0.6 is 0 Å². The van der Waals surface area contributed by atoms with Crippen molar-refractivity contribution in [2.75, 3.05) is 17.3 Å². The van der Waals surface area contributed by atoms with Crippen LogP contribution in [0.5, 0.6) is 0 Å². The van der Waals surface area contributed by atoms with Crippen LogP contribution in [0.15, 0.2) is 30.4 Å². The van der Waals surface area contributed by atoms with Gasteiger partial charge in [0.25, 0.3) is 0 Å². The lowest BCUT2D eigenvalue weighted by Gasteiger charge is -2.32. The molecule has 0 aromatic carbocycles. The van der Waals surface area contributed by atoms with Gasteiger partial charge in [-0.05, 0) is 37.3 Å². The Balaban J connectivity index is 1.74. The first-order chi connectivity index (χ1) is 12.5. The predicted molar refractivity (Wildman–Crippen MR) is 103 cm³/mol. The number of pyridine rings is 1. The molecule has 1 aliphatic carbocycles. The van der Waals surface area contributed by atoms with Crippen molar-refractivity contribution in [3.05, 3.63) is 30.4 Å². The fourth-order valence-electron chi connectivity index (χ4n) is 3.54. The first kappa shape index (κ1) is 18.5. The molecule has 1 fully saturated rings. The summed E-state index contributed by atoms with van der Waals surface area (Å²) in [5, 5.41) is 0. The van der Waals surface area contributed by atoms with Gasteiger partial charge >= 0.3 is 5.97 Å². The fraction of sp³-hybridized carbons (Fsp3) is 0.600. The summed E-state index contributed by atoms with van der Waals surface area (Å²) >= 11 is 0. The van der Waals surface area contributed by atoms with Crippen LogP contribution in [0.3, 0.4) is 0 Å². The molecule has 0 bridgehead atoms. The molecule has 0 unspecified atom stereocenters. The van der Waals surface area contributed by atoms with Gasteiger partial charge < -0.3 is 15.4 Å². The highest BCUT2D eigenvalue weighted by molar-refractivity contribution is 5.71. The Kier molecular flexibility index (Phi) is 6.01. The van der Waals surface area contributed by atoms with Crippen LogP contribution in [-0.2, 0) is 9.53 Å². The summed E-state index contributed by atoms with van der Waals surface area (Å²) in [5.41, 5.74) is 6.60. The molecule has 2 N–H and O–H groups in total. The summed E-state index contributed by atoms with van der Waals surface area (Å²) in [5.74, 6) is 1.38. The zero-order chi connectivity index (χ0) is 18.5. The molecular formula is C20H30N4O2. The number of hydrogen-bond acceptors (Lipinski definition) is 6. The number of ether oxygens (including phenoxy) is 1. The zero-order valence-electron chi connectivity index (χ0n) is 15.9. The molecule has 1 aromatic heterocycles. The van der Waals surface area contributed by atoms with Gasteiger partial charge in [0.1, 0.15) is 5.82 Å². The van der Waals surface area contributed by atoms with Crippen LogP contribution in [0.25, 0.3) is 0 Å². The predicted octanol–water partition coefficient (Wildman–Crippen LogP) is 3.85. The van der Waals surface area contributed by atoms with Gasteiger partial charge in [-0.25, -0.2) is 4.98 Å². The number of anilines is 2. The Hall–Kier alpha value is -2.24. The van der Waals surface area contributed by atoms with E-state index in [1.165, 1.54) is 32.1 Å². The monoisotopic (exact) mass is 358 g/mol. The van der Waals surface area contributed by atoms with Crippen LogP contribution in [-0.4, -0.2) is 28.6 Å². The van der Waals surface area contributed by atoms with E-state index in [9.17, 15) is 4.79 Å².